The van der Waals surface area contributed by atoms with Crippen molar-refractivity contribution < 1.29 is 4.79 Å². The Hall–Kier alpha value is -1.82. The number of benzene rings is 1. The van der Waals surface area contributed by atoms with Gasteiger partial charge in [0.15, 0.2) is 5.16 Å². The maximum atomic E-state index is 11.8. The van der Waals surface area contributed by atoms with E-state index in [2.05, 4.69) is 34.6 Å². The summed E-state index contributed by atoms with van der Waals surface area (Å²) in [6.45, 7) is 2.74. The fourth-order valence-electron chi connectivity index (χ4n) is 1.75. The van der Waals surface area contributed by atoms with E-state index in [1.807, 2.05) is 25.2 Å². The topological polar surface area (TPSA) is 59.8 Å². The number of rotatable bonds is 6. The van der Waals surface area contributed by atoms with Crippen LogP contribution in [0.1, 0.15) is 18.4 Å². The molecule has 2 aromatic rings. The second-order valence-corrected chi connectivity index (χ2v) is 5.57. The van der Waals surface area contributed by atoms with E-state index in [9.17, 15) is 4.79 Å². The minimum Gasteiger partial charge on any atom is -0.355 e. The highest BCUT2D eigenvalue weighted by Crippen LogP contribution is 2.14. The second kappa shape index (κ2) is 7.09. The van der Waals surface area contributed by atoms with Crippen LogP contribution in [0.25, 0.3) is 0 Å². The summed E-state index contributed by atoms with van der Waals surface area (Å²) < 4.78 is 1.80. The molecule has 106 valence electrons. The van der Waals surface area contributed by atoms with Crippen LogP contribution in [0.3, 0.4) is 0 Å². The van der Waals surface area contributed by atoms with E-state index >= 15 is 0 Å². The van der Waals surface area contributed by atoms with Crippen molar-refractivity contribution in [1.82, 2.24) is 20.1 Å². The van der Waals surface area contributed by atoms with Gasteiger partial charge in [-0.25, -0.2) is 0 Å². The molecule has 0 saturated carbocycles. The standard InChI is InChI=1S/C14H18N4OS/c1-11(12-6-4-3-5-7-12)8-15-13(19)9-20-14-17-16-10-18(14)2/h3-7,10-11H,8-9H2,1-2H3,(H,15,19)/t11-/m0/s1. The summed E-state index contributed by atoms with van der Waals surface area (Å²) in [6, 6.07) is 10.2. The molecular weight excluding hydrogens is 272 g/mol. The van der Waals surface area contributed by atoms with E-state index in [4.69, 9.17) is 0 Å². The van der Waals surface area contributed by atoms with Crippen LogP contribution in [0.5, 0.6) is 0 Å². The first-order valence-corrected chi connectivity index (χ1v) is 7.44. The number of hydrogen-bond donors (Lipinski definition) is 1. The average molecular weight is 290 g/mol. The predicted octanol–water partition coefficient (Wildman–Crippen LogP) is 1.83. The van der Waals surface area contributed by atoms with Gasteiger partial charge in [0, 0.05) is 13.6 Å². The minimum atomic E-state index is 0.0146. The Labute approximate surface area is 122 Å². The lowest BCUT2D eigenvalue weighted by molar-refractivity contribution is -0.118. The minimum absolute atomic E-state index is 0.0146. The second-order valence-electron chi connectivity index (χ2n) is 4.63. The van der Waals surface area contributed by atoms with Gasteiger partial charge in [-0.2, -0.15) is 0 Å². The Kier molecular flexibility index (Phi) is 5.17. The molecule has 1 heterocycles. The quantitative estimate of drug-likeness (QED) is 0.825. The summed E-state index contributed by atoms with van der Waals surface area (Å²) >= 11 is 1.39. The number of nitrogens with zero attached hydrogens (tertiary/aromatic N) is 3. The van der Waals surface area contributed by atoms with Crippen molar-refractivity contribution in [2.45, 2.75) is 18.0 Å². The van der Waals surface area contributed by atoms with E-state index < -0.39 is 0 Å². The van der Waals surface area contributed by atoms with Crippen LogP contribution in [-0.4, -0.2) is 33.0 Å². The van der Waals surface area contributed by atoms with E-state index in [1.165, 1.54) is 17.3 Å². The SMILES string of the molecule is C[C@@H](CNC(=O)CSc1nncn1C)c1ccccc1. The highest BCUT2D eigenvalue weighted by molar-refractivity contribution is 7.99. The number of carbonyl (C=O) groups is 1. The Balaban J connectivity index is 1.74. The van der Waals surface area contributed by atoms with Crippen molar-refractivity contribution in [3.8, 4) is 0 Å². The van der Waals surface area contributed by atoms with Crippen LogP contribution in [-0.2, 0) is 11.8 Å². The van der Waals surface area contributed by atoms with Gasteiger partial charge in [-0.05, 0) is 11.5 Å². The van der Waals surface area contributed by atoms with Crippen molar-refractivity contribution in [3.05, 3.63) is 42.2 Å². The van der Waals surface area contributed by atoms with Crippen molar-refractivity contribution in [3.63, 3.8) is 0 Å². The van der Waals surface area contributed by atoms with Gasteiger partial charge >= 0.3 is 0 Å². The zero-order valence-corrected chi connectivity index (χ0v) is 12.4. The van der Waals surface area contributed by atoms with Crippen LogP contribution < -0.4 is 5.32 Å². The number of hydrogen-bond acceptors (Lipinski definition) is 4. The molecule has 1 N–H and O–H groups in total. The predicted molar refractivity (Wildman–Crippen MR) is 79.6 cm³/mol. The lowest BCUT2D eigenvalue weighted by Crippen LogP contribution is -2.29. The van der Waals surface area contributed by atoms with E-state index in [0.717, 1.165) is 5.16 Å². The first kappa shape index (κ1) is 14.6. The van der Waals surface area contributed by atoms with E-state index in [0.29, 0.717) is 18.2 Å². The Bertz CT molecular complexity index is 555. The van der Waals surface area contributed by atoms with Crippen molar-refractivity contribution >= 4 is 17.7 Å². The number of amides is 1. The molecule has 1 atom stereocenters. The molecule has 0 aliphatic rings. The highest BCUT2D eigenvalue weighted by Gasteiger charge is 2.09. The summed E-state index contributed by atoms with van der Waals surface area (Å²) in [4.78, 5) is 11.8. The van der Waals surface area contributed by atoms with Crippen molar-refractivity contribution in [1.29, 1.82) is 0 Å². The fraction of sp³-hybridized carbons (Fsp3) is 0.357. The highest BCUT2D eigenvalue weighted by atomic mass is 32.2. The van der Waals surface area contributed by atoms with Gasteiger partial charge in [0.05, 0.1) is 5.75 Å². The molecule has 0 unspecified atom stereocenters. The van der Waals surface area contributed by atoms with Crippen molar-refractivity contribution in [2.24, 2.45) is 7.05 Å². The zero-order chi connectivity index (χ0) is 14.4. The molecule has 0 fully saturated rings. The third kappa shape index (κ3) is 4.09. The number of carbonyl (C=O) groups excluding carboxylic acids is 1. The summed E-state index contributed by atoms with van der Waals surface area (Å²) in [7, 11) is 1.86. The average Bonchev–Trinajstić information content (AvgIpc) is 2.89. The molecular formula is C14H18N4OS. The number of thioether (sulfide) groups is 1. The lowest BCUT2D eigenvalue weighted by Gasteiger charge is -2.12. The van der Waals surface area contributed by atoms with Crippen LogP contribution in [0.4, 0.5) is 0 Å². The third-order valence-electron chi connectivity index (χ3n) is 2.98. The Morgan fingerprint density at radius 1 is 1.40 bits per heavy atom. The molecule has 1 aromatic carbocycles. The Morgan fingerprint density at radius 2 is 2.15 bits per heavy atom. The molecule has 0 radical (unpaired) electrons. The zero-order valence-electron chi connectivity index (χ0n) is 11.6. The van der Waals surface area contributed by atoms with Crippen LogP contribution >= 0.6 is 11.8 Å². The molecule has 1 aromatic heterocycles. The van der Waals surface area contributed by atoms with Gasteiger partial charge in [0.2, 0.25) is 5.91 Å². The molecule has 6 heteroatoms. The monoisotopic (exact) mass is 290 g/mol. The maximum Gasteiger partial charge on any atom is 0.230 e. The van der Waals surface area contributed by atoms with Gasteiger partial charge in [0.25, 0.3) is 0 Å². The van der Waals surface area contributed by atoms with Crippen LogP contribution in [0.15, 0.2) is 41.8 Å². The van der Waals surface area contributed by atoms with Crippen LogP contribution in [0, 0.1) is 0 Å². The van der Waals surface area contributed by atoms with Crippen molar-refractivity contribution in [2.75, 3.05) is 12.3 Å². The summed E-state index contributed by atoms with van der Waals surface area (Å²) in [5.41, 5.74) is 1.23. The molecule has 20 heavy (non-hydrogen) atoms. The summed E-state index contributed by atoms with van der Waals surface area (Å²) in [5.74, 6) is 0.675. The third-order valence-corrected chi connectivity index (χ3v) is 4.01. The normalized spacial score (nSPS) is 12.1. The van der Waals surface area contributed by atoms with Gasteiger partial charge < -0.3 is 9.88 Å². The summed E-state index contributed by atoms with van der Waals surface area (Å²) in [5, 5.41) is 11.4. The smallest absolute Gasteiger partial charge is 0.230 e. The van der Waals surface area contributed by atoms with Crippen LogP contribution in [0.2, 0.25) is 0 Å². The molecule has 5 nitrogen and oxygen atoms in total. The molecule has 0 aliphatic carbocycles. The lowest BCUT2D eigenvalue weighted by atomic mass is 10.0. The maximum absolute atomic E-state index is 11.8. The first-order chi connectivity index (χ1) is 9.66. The Morgan fingerprint density at radius 3 is 2.80 bits per heavy atom. The first-order valence-electron chi connectivity index (χ1n) is 6.45. The molecule has 1 amide bonds. The summed E-state index contributed by atoms with van der Waals surface area (Å²) in [6.07, 6.45) is 1.62. The van der Waals surface area contributed by atoms with Gasteiger partial charge in [-0.15, -0.1) is 10.2 Å². The number of nitrogens with one attached hydrogen (secondary N) is 1. The van der Waals surface area contributed by atoms with E-state index in [-0.39, 0.29) is 5.91 Å². The molecule has 0 spiro atoms. The largest absolute Gasteiger partial charge is 0.355 e. The fourth-order valence-corrected chi connectivity index (χ4v) is 2.47. The molecule has 0 bridgehead atoms. The number of aromatic nitrogens is 3. The van der Waals surface area contributed by atoms with Gasteiger partial charge in [-0.1, -0.05) is 49.0 Å². The number of aryl methyl sites for hydroxylation is 1. The van der Waals surface area contributed by atoms with E-state index in [1.54, 1.807) is 10.9 Å². The molecule has 0 aliphatic heterocycles. The molecule has 0 saturated heterocycles. The van der Waals surface area contributed by atoms with Gasteiger partial charge in [0.1, 0.15) is 6.33 Å². The molecule has 2 rings (SSSR count). The van der Waals surface area contributed by atoms with Gasteiger partial charge in [-0.3, -0.25) is 4.79 Å².